The van der Waals surface area contributed by atoms with Gasteiger partial charge in [0, 0.05) is 19.2 Å². The lowest BCUT2D eigenvalue weighted by molar-refractivity contribution is -0.575. The van der Waals surface area contributed by atoms with Gasteiger partial charge in [-0.1, -0.05) is 12.1 Å². The van der Waals surface area contributed by atoms with E-state index in [0.29, 0.717) is 24.1 Å². The van der Waals surface area contributed by atoms with Crippen LogP contribution in [0.5, 0.6) is 0 Å². The van der Waals surface area contributed by atoms with E-state index in [1.807, 2.05) is 45.0 Å². The molecule has 1 aromatic carbocycles. The maximum Gasteiger partial charge on any atom is 0.410 e. The number of pyridine rings is 1. The largest absolute Gasteiger partial charge is 0.618 e. The highest BCUT2D eigenvalue weighted by Gasteiger charge is 2.27. The van der Waals surface area contributed by atoms with Crippen LogP contribution in [0.15, 0.2) is 30.5 Å². The van der Waals surface area contributed by atoms with E-state index in [0.717, 1.165) is 34.4 Å². The summed E-state index contributed by atoms with van der Waals surface area (Å²) in [6, 6.07) is 7.53. The first kappa shape index (κ1) is 16.6. The van der Waals surface area contributed by atoms with E-state index < -0.39 is 5.60 Å². The van der Waals surface area contributed by atoms with Crippen LogP contribution in [0.2, 0.25) is 0 Å². The molecule has 3 aromatic rings. The number of imidazole rings is 1. The molecular weight excluding hydrogens is 332 g/mol. The molecule has 136 valence electrons. The summed E-state index contributed by atoms with van der Waals surface area (Å²) in [5, 5.41) is 13.2. The molecular formula is C19H22N4O3. The van der Waals surface area contributed by atoms with Crippen molar-refractivity contribution >= 4 is 28.0 Å². The first-order chi connectivity index (χ1) is 12.3. The van der Waals surface area contributed by atoms with Gasteiger partial charge in [-0.15, -0.1) is 0 Å². The average Bonchev–Trinajstić information content (AvgIpc) is 2.76. The molecule has 0 spiro atoms. The van der Waals surface area contributed by atoms with Crippen LogP contribution < -0.4 is 4.73 Å². The number of aromatic nitrogens is 3. The number of rotatable bonds is 0. The highest BCUT2D eigenvalue weighted by molar-refractivity contribution is 6.00. The van der Waals surface area contributed by atoms with Crippen molar-refractivity contribution in [3.63, 3.8) is 0 Å². The lowest BCUT2D eigenvalue weighted by atomic mass is 10.2. The summed E-state index contributed by atoms with van der Waals surface area (Å²) in [6.07, 6.45) is 1.98. The summed E-state index contributed by atoms with van der Waals surface area (Å²) in [6.45, 7) is 7.31. The second-order valence-corrected chi connectivity index (χ2v) is 7.64. The highest BCUT2D eigenvalue weighted by atomic mass is 16.6. The molecule has 7 heteroatoms. The van der Waals surface area contributed by atoms with Gasteiger partial charge in [0.2, 0.25) is 11.7 Å². The van der Waals surface area contributed by atoms with Crippen LogP contribution in [0.25, 0.3) is 21.9 Å². The van der Waals surface area contributed by atoms with Gasteiger partial charge in [-0.2, -0.15) is 4.73 Å². The number of carbonyl (C=O) groups excluding carboxylic acids is 1. The van der Waals surface area contributed by atoms with Gasteiger partial charge in [0.25, 0.3) is 0 Å². The monoisotopic (exact) mass is 354 g/mol. The third kappa shape index (κ3) is 2.83. The Morgan fingerprint density at radius 1 is 1.27 bits per heavy atom. The predicted molar refractivity (Wildman–Crippen MR) is 97.5 cm³/mol. The van der Waals surface area contributed by atoms with Crippen LogP contribution in [0.3, 0.4) is 0 Å². The second-order valence-electron chi connectivity index (χ2n) is 7.64. The number of carbonyl (C=O) groups is 1. The number of ether oxygens (including phenoxy) is 1. The Morgan fingerprint density at radius 2 is 2.04 bits per heavy atom. The van der Waals surface area contributed by atoms with Crippen molar-refractivity contribution in [2.45, 2.75) is 45.9 Å². The average molecular weight is 354 g/mol. The molecule has 0 N–H and O–H groups in total. The number of aryl methyl sites for hydroxylation is 1. The number of fused-ring (bicyclic) bond motifs is 5. The van der Waals surface area contributed by atoms with Crippen LogP contribution in [0, 0.1) is 5.21 Å². The Hall–Kier alpha value is -2.83. The molecule has 0 unspecified atom stereocenters. The molecule has 0 atom stereocenters. The molecule has 0 saturated heterocycles. The normalized spacial score (nSPS) is 15.1. The number of amides is 1. The summed E-state index contributed by atoms with van der Waals surface area (Å²) in [5.74, 6) is 0.778. The summed E-state index contributed by atoms with van der Waals surface area (Å²) < 4.78 is 8.49. The van der Waals surface area contributed by atoms with Crippen LogP contribution >= 0.6 is 0 Å². The lowest BCUT2D eigenvalue weighted by Gasteiger charge is -2.25. The van der Waals surface area contributed by atoms with Crippen molar-refractivity contribution in [1.29, 1.82) is 0 Å². The van der Waals surface area contributed by atoms with E-state index in [1.165, 1.54) is 6.20 Å². The maximum atomic E-state index is 12.5. The minimum absolute atomic E-state index is 0.332. The van der Waals surface area contributed by atoms with Gasteiger partial charge in [-0.25, -0.2) is 9.78 Å². The third-order valence-electron chi connectivity index (χ3n) is 4.50. The van der Waals surface area contributed by atoms with Crippen LogP contribution in [-0.2, 0) is 17.8 Å². The molecule has 1 amide bonds. The second kappa shape index (κ2) is 5.86. The molecule has 1 aliphatic heterocycles. The summed E-state index contributed by atoms with van der Waals surface area (Å²) >= 11 is 0. The van der Waals surface area contributed by atoms with Crippen LogP contribution in [-0.4, -0.2) is 32.7 Å². The maximum absolute atomic E-state index is 12.5. The van der Waals surface area contributed by atoms with Gasteiger partial charge in [0.1, 0.15) is 11.4 Å². The topological polar surface area (TPSA) is 74.3 Å². The van der Waals surface area contributed by atoms with Crippen molar-refractivity contribution < 1.29 is 14.3 Å². The van der Waals surface area contributed by atoms with Gasteiger partial charge >= 0.3 is 6.09 Å². The third-order valence-corrected chi connectivity index (χ3v) is 4.50. The van der Waals surface area contributed by atoms with E-state index in [1.54, 1.807) is 4.90 Å². The van der Waals surface area contributed by atoms with Gasteiger partial charge in [-0.3, -0.25) is 0 Å². The van der Waals surface area contributed by atoms with Crippen molar-refractivity contribution in [2.24, 2.45) is 0 Å². The molecule has 7 nitrogen and oxygen atoms in total. The number of benzene rings is 1. The standard InChI is InChI=1S/C19H22N4O3/c1-19(2,3)26-18(24)21-9-6-10-22-16(12-21)20-14-11-23(25)15-8-5-4-7-13(15)17(14)22/h4-5,7-8,11H,6,9-10,12H2,1-3H3. The minimum atomic E-state index is -0.534. The minimum Gasteiger partial charge on any atom is -0.618 e. The van der Waals surface area contributed by atoms with Gasteiger partial charge < -0.3 is 19.4 Å². The molecule has 2 aromatic heterocycles. The molecule has 3 heterocycles. The fourth-order valence-electron chi connectivity index (χ4n) is 3.45. The fourth-order valence-corrected chi connectivity index (χ4v) is 3.45. The molecule has 26 heavy (non-hydrogen) atoms. The number of hydrogen-bond donors (Lipinski definition) is 0. The fraction of sp³-hybridized carbons (Fsp3) is 0.421. The smallest absolute Gasteiger partial charge is 0.410 e. The summed E-state index contributed by atoms with van der Waals surface area (Å²) in [7, 11) is 0. The SMILES string of the molecule is CC(C)(C)OC(=O)N1CCCn2c(nc3c[n+]([O-])c4ccccc4c32)C1. The molecule has 0 fully saturated rings. The zero-order valence-electron chi connectivity index (χ0n) is 15.2. The zero-order chi connectivity index (χ0) is 18.5. The van der Waals surface area contributed by atoms with Crippen LogP contribution in [0.4, 0.5) is 4.79 Å². The number of hydrogen-bond acceptors (Lipinski definition) is 4. The van der Waals surface area contributed by atoms with Crippen molar-refractivity contribution in [3.05, 3.63) is 41.5 Å². The van der Waals surface area contributed by atoms with E-state index >= 15 is 0 Å². The summed E-state index contributed by atoms with van der Waals surface area (Å²) in [4.78, 5) is 18.8. The molecule has 0 saturated carbocycles. The molecule has 0 aliphatic carbocycles. The van der Waals surface area contributed by atoms with E-state index in [2.05, 4.69) is 9.55 Å². The molecule has 0 bridgehead atoms. The van der Waals surface area contributed by atoms with Gasteiger partial charge in [-0.05, 0) is 33.3 Å². The Balaban J connectivity index is 1.79. The lowest BCUT2D eigenvalue weighted by Crippen LogP contribution is -2.36. The Bertz CT molecular complexity index is 1000. The molecule has 1 aliphatic rings. The first-order valence-electron chi connectivity index (χ1n) is 8.81. The van der Waals surface area contributed by atoms with E-state index in [-0.39, 0.29) is 6.09 Å². The van der Waals surface area contributed by atoms with Gasteiger partial charge in [0.05, 0.1) is 17.4 Å². The Kier molecular flexibility index (Phi) is 3.75. The Morgan fingerprint density at radius 3 is 2.81 bits per heavy atom. The molecule has 0 radical (unpaired) electrons. The first-order valence-corrected chi connectivity index (χ1v) is 8.81. The van der Waals surface area contributed by atoms with Gasteiger partial charge in [0.15, 0.2) is 5.52 Å². The summed E-state index contributed by atoms with van der Waals surface area (Å²) in [5.41, 5.74) is 1.69. The van der Waals surface area contributed by atoms with Crippen LogP contribution in [0.1, 0.15) is 33.0 Å². The van der Waals surface area contributed by atoms with E-state index in [9.17, 15) is 10.0 Å². The Labute approximate surface area is 151 Å². The van der Waals surface area contributed by atoms with Crippen molar-refractivity contribution in [1.82, 2.24) is 14.5 Å². The number of para-hydroxylation sites is 1. The predicted octanol–water partition coefficient (Wildman–Crippen LogP) is 2.96. The van der Waals surface area contributed by atoms with Crippen molar-refractivity contribution in [3.8, 4) is 0 Å². The number of nitrogens with zero attached hydrogens (tertiary/aromatic N) is 4. The quantitative estimate of drug-likeness (QED) is 0.459. The van der Waals surface area contributed by atoms with Crippen molar-refractivity contribution in [2.75, 3.05) is 6.54 Å². The van der Waals surface area contributed by atoms with E-state index in [4.69, 9.17) is 4.74 Å². The highest BCUT2D eigenvalue weighted by Crippen LogP contribution is 2.26. The molecule has 4 rings (SSSR count). The zero-order valence-corrected chi connectivity index (χ0v) is 15.2.